The smallest absolute Gasteiger partial charge is 0.227 e. The molecule has 0 spiro atoms. The third kappa shape index (κ3) is 2.97. The zero-order chi connectivity index (χ0) is 14.0. The fraction of sp³-hybridized carbons (Fsp3) is 0.714. The minimum atomic E-state index is 0.434. The Morgan fingerprint density at radius 3 is 2.26 bits per heavy atom. The largest absolute Gasteiger partial charge is 0.373 e. The van der Waals surface area contributed by atoms with Crippen LogP contribution in [0.1, 0.15) is 31.0 Å². The molecular weight excluding hydrogens is 238 g/mol. The summed E-state index contributed by atoms with van der Waals surface area (Å²) in [4.78, 5) is 14.0. The summed E-state index contributed by atoms with van der Waals surface area (Å²) in [6, 6.07) is 0. The van der Waals surface area contributed by atoms with E-state index in [0.29, 0.717) is 5.92 Å². The molecule has 1 aromatic rings. The lowest BCUT2D eigenvalue weighted by atomic mass is 10.0. The van der Waals surface area contributed by atoms with Gasteiger partial charge in [-0.05, 0) is 19.9 Å². The third-order valence-electron chi connectivity index (χ3n) is 3.72. The average Bonchev–Trinajstić information content (AvgIpc) is 2.38. The van der Waals surface area contributed by atoms with E-state index < -0.39 is 0 Å². The Hall–Kier alpha value is -1.36. The van der Waals surface area contributed by atoms with Gasteiger partial charge in [-0.25, -0.2) is 4.98 Å². The quantitative estimate of drug-likeness (QED) is 0.899. The first-order chi connectivity index (χ1) is 9.02. The number of aromatic nitrogens is 2. The molecule has 0 aliphatic carbocycles. The van der Waals surface area contributed by atoms with Gasteiger partial charge in [-0.15, -0.1) is 0 Å². The summed E-state index contributed by atoms with van der Waals surface area (Å²) in [5, 5.41) is 3.22. The summed E-state index contributed by atoms with van der Waals surface area (Å²) in [5.74, 6) is 2.26. The topological polar surface area (TPSA) is 44.3 Å². The van der Waals surface area contributed by atoms with Crippen LogP contribution < -0.4 is 10.2 Å². The zero-order valence-corrected chi connectivity index (χ0v) is 12.7. The maximum Gasteiger partial charge on any atom is 0.227 e. The molecule has 1 aromatic heterocycles. The molecule has 0 radical (unpaired) electrons. The van der Waals surface area contributed by atoms with Crippen molar-refractivity contribution in [2.75, 3.05) is 50.5 Å². The van der Waals surface area contributed by atoms with E-state index in [0.717, 1.165) is 43.6 Å². The maximum absolute atomic E-state index is 4.71. The van der Waals surface area contributed by atoms with Gasteiger partial charge in [0.2, 0.25) is 5.95 Å². The van der Waals surface area contributed by atoms with Gasteiger partial charge >= 0.3 is 0 Å². The number of likely N-dealkylation sites (N-methyl/N-ethyl adjacent to an activating group) is 1. The van der Waals surface area contributed by atoms with E-state index in [1.54, 1.807) is 0 Å². The summed E-state index contributed by atoms with van der Waals surface area (Å²) in [6.07, 6.45) is 0. The SMILES string of the molecule is CNc1nc(N2CCN(C)CC2)nc(C)c1C(C)C. The number of aryl methyl sites for hydroxylation is 1. The first-order valence-corrected chi connectivity index (χ1v) is 7.02. The van der Waals surface area contributed by atoms with Crippen molar-refractivity contribution < 1.29 is 0 Å². The second-order valence-electron chi connectivity index (χ2n) is 5.57. The van der Waals surface area contributed by atoms with Crippen molar-refractivity contribution in [1.82, 2.24) is 14.9 Å². The van der Waals surface area contributed by atoms with Crippen LogP contribution in [0, 0.1) is 6.92 Å². The molecule has 0 atom stereocenters. The van der Waals surface area contributed by atoms with Gasteiger partial charge in [-0.1, -0.05) is 13.8 Å². The van der Waals surface area contributed by atoms with Gasteiger partial charge in [-0.3, -0.25) is 0 Å². The highest BCUT2D eigenvalue weighted by molar-refractivity contribution is 5.52. The lowest BCUT2D eigenvalue weighted by molar-refractivity contribution is 0.311. The highest BCUT2D eigenvalue weighted by atomic mass is 15.3. The molecular formula is C14H25N5. The molecule has 1 aliphatic heterocycles. The van der Waals surface area contributed by atoms with Crippen LogP contribution >= 0.6 is 0 Å². The molecule has 0 bridgehead atoms. The minimum absolute atomic E-state index is 0.434. The lowest BCUT2D eigenvalue weighted by Crippen LogP contribution is -2.45. The highest BCUT2D eigenvalue weighted by Crippen LogP contribution is 2.27. The fourth-order valence-electron chi connectivity index (χ4n) is 2.60. The maximum atomic E-state index is 4.71. The molecule has 0 aromatic carbocycles. The van der Waals surface area contributed by atoms with Crippen LogP contribution in [0.5, 0.6) is 0 Å². The average molecular weight is 263 g/mol. The monoisotopic (exact) mass is 263 g/mol. The van der Waals surface area contributed by atoms with Crippen LogP contribution in [-0.4, -0.2) is 55.1 Å². The molecule has 1 N–H and O–H groups in total. The first kappa shape index (κ1) is 14.1. The van der Waals surface area contributed by atoms with Crippen LogP contribution in [0.4, 0.5) is 11.8 Å². The molecule has 2 rings (SSSR count). The lowest BCUT2D eigenvalue weighted by Gasteiger charge is -2.33. The number of hydrogen-bond acceptors (Lipinski definition) is 5. The molecule has 0 saturated carbocycles. The highest BCUT2D eigenvalue weighted by Gasteiger charge is 2.20. The van der Waals surface area contributed by atoms with Gasteiger partial charge < -0.3 is 15.1 Å². The van der Waals surface area contributed by atoms with Crippen molar-refractivity contribution in [1.29, 1.82) is 0 Å². The van der Waals surface area contributed by atoms with E-state index in [2.05, 4.69) is 42.9 Å². The van der Waals surface area contributed by atoms with Gasteiger partial charge in [0.25, 0.3) is 0 Å². The summed E-state index contributed by atoms with van der Waals surface area (Å²) in [6.45, 7) is 10.6. The van der Waals surface area contributed by atoms with Gasteiger partial charge in [0.15, 0.2) is 0 Å². The third-order valence-corrected chi connectivity index (χ3v) is 3.72. The Morgan fingerprint density at radius 1 is 1.11 bits per heavy atom. The van der Waals surface area contributed by atoms with E-state index in [-0.39, 0.29) is 0 Å². The van der Waals surface area contributed by atoms with E-state index in [1.165, 1.54) is 5.56 Å². The Balaban J connectivity index is 2.30. The van der Waals surface area contributed by atoms with E-state index in [4.69, 9.17) is 9.97 Å². The number of hydrogen-bond donors (Lipinski definition) is 1. The Bertz CT molecular complexity index is 436. The first-order valence-electron chi connectivity index (χ1n) is 7.02. The zero-order valence-electron chi connectivity index (χ0n) is 12.7. The van der Waals surface area contributed by atoms with E-state index in [9.17, 15) is 0 Å². The molecule has 19 heavy (non-hydrogen) atoms. The van der Waals surface area contributed by atoms with Gasteiger partial charge in [-0.2, -0.15) is 4.98 Å². The van der Waals surface area contributed by atoms with Crippen molar-refractivity contribution in [3.63, 3.8) is 0 Å². The molecule has 2 heterocycles. The van der Waals surface area contributed by atoms with Crippen molar-refractivity contribution >= 4 is 11.8 Å². The number of rotatable bonds is 3. The van der Waals surface area contributed by atoms with Crippen LogP contribution in [0.2, 0.25) is 0 Å². The fourth-order valence-corrected chi connectivity index (χ4v) is 2.60. The van der Waals surface area contributed by atoms with Crippen LogP contribution in [0.3, 0.4) is 0 Å². The Morgan fingerprint density at radius 2 is 1.74 bits per heavy atom. The van der Waals surface area contributed by atoms with Gasteiger partial charge in [0.05, 0.1) is 0 Å². The van der Waals surface area contributed by atoms with Crippen LogP contribution in [0.15, 0.2) is 0 Å². The summed E-state index contributed by atoms with van der Waals surface area (Å²) in [5.41, 5.74) is 2.31. The molecule has 106 valence electrons. The van der Waals surface area contributed by atoms with Crippen molar-refractivity contribution in [3.8, 4) is 0 Å². The second kappa shape index (κ2) is 5.74. The molecule has 0 amide bonds. The van der Waals surface area contributed by atoms with Crippen molar-refractivity contribution in [2.45, 2.75) is 26.7 Å². The number of nitrogens with one attached hydrogen (secondary N) is 1. The van der Waals surface area contributed by atoms with E-state index >= 15 is 0 Å². The Kier molecular flexibility index (Phi) is 4.24. The standard InChI is InChI=1S/C14H25N5/c1-10(2)12-11(3)16-14(17-13(12)15-4)19-8-6-18(5)7-9-19/h10H,6-9H2,1-5H3,(H,15,16,17). The molecule has 5 nitrogen and oxygen atoms in total. The van der Waals surface area contributed by atoms with Crippen molar-refractivity contribution in [2.24, 2.45) is 0 Å². The summed E-state index contributed by atoms with van der Waals surface area (Å²) >= 11 is 0. The predicted molar refractivity (Wildman–Crippen MR) is 80.1 cm³/mol. The summed E-state index contributed by atoms with van der Waals surface area (Å²) in [7, 11) is 4.09. The number of nitrogens with zero attached hydrogens (tertiary/aromatic N) is 4. The minimum Gasteiger partial charge on any atom is -0.373 e. The molecule has 1 fully saturated rings. The second-order valence-corrected chi connectivity index (χ2v) is 5.57. The number of piperazine rings is 1. The van der Waals surface area contributed by atoms with Gasteiger partial charge in [0.1, 0.15) is 5.82 Å². The molecule has 1 saturated heterocycles. The summed E-state index contributed by atoms with van der Waals surface area (Å²) < 4.78 is 0. The normalized spacial score (nSPS) is 17.1. The molecule has 5 heteroatoms. The Labute approximate surface area is 116 Å². The molecule has 1 aliphatic rings. The van der Waals surface area contributed by atoms with Gasteiger partial charge in [0, 0.05) is 44.5 Å². The van der Waals surface area contributed by atoms with Crippen LogP contribution in [0.25, 0.3) is 0 Å². The van der Waals surface area contributed by atoms with Crippen LogP contribution in [-0.2, 0) is 0 Å². The molecule has 0 unspecified atom stereocenters. The van der Waals surface area contributed by atoms with E-state index in [1.807, 2.05) is 7.05 Å². The van der Waals surface area contributed by atoms with Crippen molar-refractivity contribution in [3.05, 3.63) is 11.3 Å². The number of anilines is 2. The predicted octanol–water partition coefficient (Wildman–Crippen LogP) is 1.70.